The fourth-order valence-corrected chi connectivity index (χ4v) is 3.55. The summed E-state index contributed by atoms with van der Waals surface area (Å²) in [6.45, 7) is 11.4. The summed E-state index contributed by atoms with van der Waals surface area (Å²) in [6, 6.07) is 0. The third kappa shape index (κ3) is 7.73. The van der Waals surface area contributed by atoms with Crippen LogP contribution in [0.3, 0.4) is 0 Å². The van der Waals surface area contributed by atoms with Crippen LogP contribution < -0.4 is 5.32 Å². The highest BCUT2D eigenvalue weighted by Crippen LogP contribution is 2.28. The Balaban J connectivity index is 0.00000261. The zero-order chi connectivity index (χ0) is 18.2. The minimum absolute atomic E-state index is 0. The van der Waals surface area contributed by atoms with Crippen LogP contribution in [0.2, 0.25) is 0 Å². The first-order valence-corrected chi connectivity index (χ1v) is 10.4. The summed E-state index contributed by atoms with van der Waals surface area (Å²) < 4.78 is 5.68. The van der Waals surface area contributed by atoms with Gasteiger partial charge in [-0.25, -0.2) is 0 Å². The molecule has 0 aromatic carbocycles. The Morgan fingerprint density at radius 1 is 1.07 bits per heavy atom. The number of hydrogen-bond acceptors (Lipinski definition) is 4. The lowest BCUT2D eigenvalue weighted by Gasteiger charge is -2.36. The zero-order valence-corrected chi connectivity index (χ0v) is 19.0. The maximum atomic E-state index is 12.3. The molecule has 1 saturated carbocycles. The second-order valence-corrected chi connectivity index (χ2v) is 7.61. The standard InChI is InChI=1S/C19H35N5O2.HI/c1-2-20-19(21-7-14-26-16-17-5-6-17)24-12-10-22(11-13-24)15-18(25)23-8-3-4-9-23;/h17H,2-16H2,1H3,(H,20,21);1H. The molecule has 1 aliphatic carbocycles. The number of ether oxygens (including phenoxy) is 1. The van der Waals surface area contributed by atoms with E-state index < -0.39 is 0 Å². The Kier molecular flexibility index (Phi) is 10.1. The van der Waals surface area contributed by atoms with Crippen molar-refractivity contribution in [2.24, 2.45) is 10.9 Å². The molecule has 0 aromatic rings. The molecule has 3 aliphatic rings. The number of carbonyl (C=O) groups is 1. The van der Waals surface area contributed by atoms with Crippen molar-refractivity contribution in [1.82, 2.24) is 20.0 Å². The van der Waals surface area contributed by atoms with Gasteiger partial charge in [-0.2, -0.15) is 0 Å². The van der Waals surface area contributed by atoms with E-state index in [1.165, 1.54) is 12.8 Å². The average molecular weight is 493 g/mol. The summed E-state index contributed by atoms with van der Waals surface area (Å²) in [7, 11) is 0. The predicted molar refractivity (Wildman–Crippen MR) is 119 cm³/mol. The Hall–Kier alpha value is -0.610. The number of likely N-dealkylation sites (tertiary alicyclic amines) is 1. The van der Waals surface area contributed by atoms with Crippen LogP contribution in [0.15, 0.2) is 4.99 Å². The molecule has 2 aliphatic heterocycles. The van der Waals surface area contributed by atoms with Gasteiger partial charge in [0.2, 0.25) is 5.91 Å². The van der Waals surface area contributed by atoms with Crippen molar-refractivity contribution in [3.8, 4) is 0 Å². The normalized spacial score (nSPS) is 21.3. The average Bonchev–Trinajstić information content (AvgIpc) is 3.31. The third-order valence-corrected chi connectivity index (χ3v) is 5.37. The maximum Gasteiger partial charge on any atom is 0.236 e. The number of amides is 1. The first-order chi connectivity index (χ1) is 12.8. The number of halogens is 1. The van der Waals surface area contributed by atoms with Crippen LogP contribution in [0.25, 0.3) is 0 Å². The fourth-order valence-electron chi connectivity index (χ4n) is 3.55. The van der Waals surface area contributed by atoms with E-state index in [9.17, 15) is 4.79 Å². The van der Waals surface area contributed by atoms with Gasteiger partial charge >= 0.3 is 0 Å². The minimum atomic E-state index is 0. The van der Waals surface area contributed by atoms with Crippen molar-refractivity contribution in [2.45, 2.75) is 32.6 Å². The molecule has 2 saturated heterocycles. The lowest BCUT2D eigenvalue weighted by atomic mass is 10.3. The van der Waals surface area contributed by atoms with Crippen molar-refractivity contribution >= 4 is 35.8 Å². The van der Waals surface area contributed by atoms with Gasteiger partial charge in [0.15, 0.2) is 5.96 Å². The Bertz CT molecular complexity index is 473. The highest BCUT2D eigenvalue weighted by molar-refractivity contribution is 14.0. The molecule has 27 heavy (non-hydrogen) atoms. The van der Waals surface area contributed by atoms with E-state index in [-0.39, 0.29) is 24.0 Å². The van der Waals surface area contributed by atoms with Gasteiger partial charge in [0.25, 0.3) is 0 Å². The van der Waals surface area contributed by atoms with Gasteiger partial charge in [0.05, 0.1) is 19.7 Å². The van der Waals surface area contributed by atoms with Crippen LogP contribution in [0.5, 0.6) is 0 Å². The molecule has 0 spiro atoms. The molecular weight excluding hydrogens is 457 g/mol. The van der Waals surface area contributed by atoms with Crippen LogP contribution in [0.1, 0.15) is 32.6 Å². The highest BCUT2D eigenvalue weighted by Gasteiger charge is 2.24. The van der Waals surface area contributed by atoms with Gasteiger partial charge in [0.1, 0.15) is 0 Å². The smallest absolute Gasteiger partial charge is 0.236 e. The number of piperazine rings is 1. The van der Waals surface area contributed by atoms with Crippen LogP contribution in [0, 0.1) is 5.92 Å². The fraction of sp³-hybridized carbons (Fsp3) is 0.895. The quantitative estimate of drug-likeness (QED) is 0.239. The van der Waals surface area contributed by atoms with Crippen molar-refractivity contribution in [3.05, 3.63) is 0 Å². The van der Waals surface area contributed by atoms with Crippen molar-refractivity contribution in [1.29, 1.82) is 0 Å². The van der Waals surface area contributed by atoms with Crippen LogP contribution in [-0.2, 0) is 9.53 Å². The lowest BCUT2D eigenvalue weighted by molar-refractivity contribution is -0.131. The molecule has 0 aromatic heterocycles. The largest absolute Gasteiger partial charge is 0.379 e. The van der Waals surface area contributed by atoms with E-state index in [1.54, 1.807) is 0 Å². The van der Waals surface area contributed by atoms with Gasteiger partial charge < -0.3 is 19.9 Å². The Morgan fingerprint density at radius 2 is 1.78 bits per heavy atom. The van der Waals surface area contributed by atoms with Gasteiger partial charge in [0, 0.05) is 52.4 Å². The molecule has 0 bridgehead atoms. The highest BCUT2D eigenvalue weighted by atomic mass is 127. The second-order valence-electron chi connectivity index (χ2n) is 7.61. The summed E-state index contributed by atoms with van der Waals surface area (Å²) in [5.74, 6) is 2.08. The zero-order valence-electron chi connectivity index (χ0n) is 16.7. The first-order valence-electron chi connectivity index (χ1n) is 10.4. The molecule has 0 atom stereocenters. The lowest BCUT2D eigenvalue weighted by Crippen LogP contribution is -2.54. The van der Waals surface area contributed by atoms with Crippen molar-refractivity contribution in [2.75, 3.05) is 72.1 Å². The molecule has 2 heterocycles. The molecule has 3 fully saturated rings. The van der Waals surface area contributed by atoms with Crippen LogP contribution in [0.4, 0.5) is 0 Å². The molecular formula is C19H36IN5O2. The third-order valence-electron chi connectivity index (χ3n) is 5.37. The maximum absolute atomic E-state index is 12.3. The van der Waals surface area contributed by atoms with Crippen molar-refractivity contribution in [3.63, 3.8) is 0 Å². The molecule has 1 amide bonds. The summed E-state index contributed by atoms with van der Waals surface area (Å²) in [6.07, 6.45) is 4.98. The summed E-state index contributed by atoms with van der Waals surface area (Å²) in [4.78, 5) is 23.6. The number of hydrogen-bond donors (Lipinski definition) is 1. The number of nitrogens with one attached hydrogen (secondary N) is 1. The number of aliphatic imine (C=N–C) groups is 1. The van der Waals surface area contributed by atoms with E-state index in [0.717, 1.165) is 77.1 Å². The molecule has 0 unspecified atom stereocenters. The monoisotopic (exact) mass is 493 g/mol. The molecule has 156 valence electrons. The Labute approximate surface area is 180 Å². The minimum Gasteiger partial charge on any atom is -0.379 e. The SMILES string of the molecule is CCNC(=NCCOCC1CC1)N1CCN(CC(=O)N2CCCC2)CC1.I. The molecule has 0 radical (unpaired) electrons. The van der Waals surface area contributed by atoms with E-state index in [1.807, 2.05) is 4.90 Å². The molecule has 3 rings (SSSR count). The van der Waals surface area contributed by atoms with E-state index in [2.05, 4.69) is 22.0 Å². The summed E-state index contributed by atoms with van der Waals surface area (Å²) >= 11 is 0. The van der Waals surface area contributed by atoms with Gasteiger partial charge in [-0.3, -0.25) is 14.7 Å². The van der Waals surface area contributed by atoms with E-state index >= 15 is 0 Å². The number of nitrogens with zero attached hydrogens (tertiary/aromatic N) is 4. The summed E-state index contributed by atoms with van der Waals surface area (Å²) in [5.41, 5.74) is 0. The van der Waals surface area contributed by atoms with Crippen LogP contribution in [-0.4, -0.2) is 98.7 Å². The van der Waals surface area contributed by atoms with E-state index in [4.69, 9.17) is 9.73 Å². The van der Waals surface area contributed by atoms with Crippen molar-refractivity contribution < 1.29 is 9.53 Å². The van der Waals surface area contributed by atoms with E-state index in [0.29, 0.717) is 25.6 Å². The second kappa shape index (κ2) is 12.1. The predicted octanol–water partition coefficient (Wildman–Crippen LogP) is 1.24. The van der Waals surface area contributed by atoms with Gasteiger partial charge in [-0.15, -0.1) is 24.0 Å². The molecule has 7 nitrogen and oxygen atoms in total. The summed E-state index contributed by atoms with van der Waals surface area (Å²) in [5, 5.41) is 3.39. The number of rotatable bonds is 8. The topological polar surface area (TPSA) is 60.4 Å². The molecule has 1 N–H and O–H groups in total. The number of guanidine groups is 1. The van der Waals surface area contributed by atoms with Crippen LogP contribution >= 0.6 is 24.0 Å². The first kappa shape index (κ1) is 22.7. The van der Waals surface area contributed by atoms with Gasteiger partial charge in [-0.05, 0) is 38.5 Å². The Morgan fingerprint density at radius 3 is 2.41 bits per heavy atom. The number of carbonyl (C=O) groups excluding carboxylic acids is 1. The molecule has 8 heteroatoms. The van der Waals surface area contributed by atoms with Gasteiger partial charge in [-0.1, -0.05) is 0 Å².